The van der Waals surface area contributed by atoms with Crippen molar-refractivity contribution in [3.63, 3.8) is 0 Å². The first-order valence-electron chi connectivity index (χ1n) is 8.22. The molecule has 1 heteroatoms. The Morgan fingerprint density at radius 1 is 0.625 bits per heavy atom. The van der Waals surface area contributed by atoms with Gasteiger partial charge in [0.2, 0.25) is 0 Å². The van der Waals surface area contributed by atoms with Crippen molar-refractivity contribution in [2.75, 3.05) is 5.32 Å². The quantitative estimate of drug-likeness (QED) is 0.452. The summed E-state index contributed by atoms with van der Waals surface area (Å²) in [5, 5.41) is 6.08. The monoisotopic (exact) mass is 309 g/mol. The van der Waals surface area contributed by atoms with Crippen LogP contribution in [0.25, 0.3) is 21.9 Å². The van der Waals surface area contributed by atoms with Gasteiger partial charge in [0.05, 0.1) is 0 Å². The molecule has 0 amide bonds. The summed E-state index contributed by atoms with van der Waals surface area (Å²) >= 11 is 0. The summed E-state index contributed by atoms with van der Waals surface area (Å²) in [5.74, 6) is 0. The van der Waals surface area contributed by atoms with Gasteiger partial charge in [-0.15, -0.1) is 0 Å². The van der Waals surface area contributed by atoms with Crippen molar-refractivity contribution in [3.8, 4) is 11.1 Å². The van der Waals surface area contributed by atoms with E-state index in [-0.39, 0.29) is 0 Å². The van der Waals surface area contributed by atoms with E-state index in [1.165, 1.54) is 27.5 Å². The topological polar surface area (TPSA) is 12.0 Å². The second kappa shape index (κ2) is 6.21. The van der Waals surface area contributed by atoms with Crippen LogP contribution in [0.4, 0.5) is 11.4 Å². The molecule has 0 radical (unpaired) electrons. The Bertz CT molecular complexity index is 964. The minimum Gasteiger partial charge on any atom is -0.355 e. The van der Waals surface area contributed by atoms with Crippen molar-refractivity contribution in [1.29, 1.82) is 0 Å². The van der Waals surface area contributed by atoms with Crippen LogP contribution in [0.3, 0.4) is 0 Å². The van der Waals surface area contributed by atoms with Crippen LogP contribution in [0.1, 0.15) is 5.56 Å². The number of fused-ring (bicyclic) bond motifs is 1. The average Bonchev–Trinajstić information content (AvgIpc) is 2.64. The Kier molecular flexibility index (Phi) is 3.76. The van der Waals surface area contributed by atoms with Gasteiger partial charge in [0, 0.05) is 16.8 Å². The lowest BCUT2D eigenvalue weighted by atomic mass is 9.97. The zero-order valence-corrected chi connectivity index (χ0v) is 13.7. The minimum atomic E-state index is 1.11. The molecule has 0 fully saturated rings. The van der Waals surface area contributed by atoms with Crippen LogP contribution in [0, 0.1) is 6.92 Å². The number of nitrogens with one attached hydrogen (secondary N) is 1. The zero-order chi connectivity index (χ0) is 16.4. The Labute approximate surface area is 142 Å². The number of hydrogen-bond acceptors (Lipinski definition) is 1. The summed E-state index contributed by atoms with van der Waals surface area (Å²) in [6.45, 7) is 2.11. The third-order valence-corrected chi connectivity index (χ3v) is 4.32. The van der Waals surface area contributed by atoms with E-state index in [1.807, 2.05) is 0 Å². The fourth-order valence-corrected chi connectivity index (χ4v) is 3.10. The average molecular weight is 309 g/mol. The Balaban J connectivity index is 1.88. The number of rotatable bonds is 3. The first-order valence-corrected chi connectivity index (χ1v) is 8.22. The molecule has 0 aliphatic rings. The van der Waals surface area contributed by atoms with E-state index in [2.05, 4.69) is 103 Å². The highest BCUT2D eigenvalue weighted by Gasteiger charge is 2.08. The summed E-state index contributed by atoms with van der Waals surface area (Å²) in [5.41, 5.74) is 6.00. The summed E-state index contributed by atoms with van der Waals surface area (Å²) in [4.78, 5) is 0. The minimum absolute atomic E-state index is 1.11. The first-order chi connectivity index (χ1) is 11.8. The molecule has 0 atom stereocenters. The van der Waals surface area contributed by atoms with Crippen LogP contribution in [0.5, 0.6) is 0 Å². The molecule has 0 aliphatic heterocycles. The van der Waals surface area contributed by atoms with E-state index in [4.69, 9.17) is 0 Å². The highest BCUT2D eigenvalue weighted by atomic mass is 14.9. The van der Waals surface area contributed by atoms with Gasteiger partial charge in [0.25, 0.3) is 0 Å². The second-order valence-corrected chi connectivity index (χ2v) is 6.07. The summed E-state index contributed by atoms with van der Waals surface area (Å²) in [7, 11) is 0. The molecule has 0 heterocycles. The molecular weight excluding hydrogens is 290 g/mol. The van der Waals surface area contributed by atoms with Crippen LogP contribution >= 0.6 is 0 Å². The van der Waals surface area contributed by atoms with Gasteiger partial charge < -0.3 is 5.32 Å². The van der Waals surface area contributed by atoms with Gasteiger partial charge >= 0.3 is 0 Å². The Morgan fingerprint density at radius 2 is 1.33 bits per heavy atom. The van der Waals surface area contributed by atoms with E-state index >= 15 is 0 Å². The lowest BCUT2D eigenvalue weighted by Crippen LogP contribution is -1.93. The molecule has 0 unspecified atom stereocenters. The maximum atomic E-state index is 3.58. The molecule has 4 rings (SSSR count). The number of benzene rings is 4. The molecule has 4 aromatic carbocycles. The molecule has 4 aromatic rings. The second-order valence-electron chi connectivity index (χ2n) is 6.07. The highest BCUT2D eigenvalue weighted by molar-refractivity contribution is 6.05. The van der Waals surface area contributed by atoms with Gasteiger partial charge in [-0.1, -0.05) is 78.4 Å². The van der Waals surface area contributed by atoms with Gasteiger partial charge in [-0.2, -0.15) is 0 Å². The van der Waals surface area contributed by atoms with Crippen molar-refractivity contribution >= 4 is 22.1 Å². The van der Waals surface area contributed by atoms with Crippen LogP contribution in [0.15, 0.2) is 91.0 Å². The predicted octanol–water partition coefficient (Wildman–Crippen LogP) is 6.56. The molecular formula is C23H19N. The molecule has 0 bridgehead atoms. The van der Waals surface area contributed by atoms with E-state index in [1.54, 1.807) is 0 Å². The molecule has 0 spiro atoms. The van der Waals surface area contributed by atoms with Crippen molar-refractivity contribution in [1.82, 2.24) is 0 Å². The summed E-state index contributed by atoms with van der Waals surface area (Å²) in [6.07, 6.45) is 0. The Morgan fingerprint density at radius 3 is 2.08 bits per heavy atom. The van der Waals surface area contributed by atoms with Crippen LogP contribution in [-0.2, 0) is 0 Å². The van der Waals surface area contributed by atoms with Crippen molar-refractivity contribution in [2.45, 2.75) is 6.92 Å². The number of hydrogen-bond donors (Lipinski definition) is 1. The third-order valence-electron chi connectivity index (χ3n) is 4.32. The van der Waals surface area contributed by atoms with Crippen molar-refractivity contribution < 1.29 is 0 Å². The molecule has 0 saturated carbocycles. The van der Waals surface area contributed by atoms with Crippen molar-refractivity contribution in [3.05, 3.63) is 96.6 Å². The zero-order valence-electron chi connectivity index (χ0n) is 13.7. The normalized spacial score (nSPS) is 10.7. The van der Waals surface area contributed by atoms with Gasteiger partial charge in [-0.25, -0.2) is 0 Å². The molecule has 0 aliphatic carbocycles. The standard InChI is InChI=1S/C23H19N/c1-17-13-15-20(16-14-17)24-22-12-6-10-19-9-5-11-21(23(19)22)18-7-3-2-4-8-18/h2-16,24H,1H3. The maximum Gasteiger partial charge on any atom is 0.0470 e. The fraction of sp³-hybridized carbons (Fsp3) is 0.0435. The van der Waals surface area contributed by atoms with Gasteiger partial charge in [-0.05, 0) is 41.6 Å². The smallest absolute Gasteiger partial charge is 0.0470 e. The number of aryl methyl sites for hydroxylation is 1. The SMILES string of the molecule is Cc1ccc(Nc2cccc3cccc(-c4ccccc4)c23)cc1. The number of anilines is 2. The molecule has 0 aromatic heterocycles. The van der Waals surface area contributed by atoms with E-state index in [9.17, 15) is 0 Å². The van der Waals surface area contributed by atoms with Gasteiger partial charge in [-0.3, -0.25) is 0 Å². The molecule has 1 N–H and O–H groups in total. The lowest BCUT2D eigenvalue weighted by Gasteiger charge is -2.14. The highest BCUT2D eigenvalue weighted by Crippen LogP contribution is 2.35. The van der Waals surface area contributed by atoms with E-state index < -0.39 is 0 Å². The van der Waals surface area contributed by atoms with Crippen LogP contribution in [-0.4, -0.2) is 0 Å². The predicted molar refractivity (Wildman–Crippen MR) is 104 cm³/mol. The van der Waals surface area contributed by atoms with Crippen molar-refractivity contribution in [2.24, 2.45) is 0 Å². The van der Waals surface area contributed by atoms with Gasteiger partial charge in [0.1, 0.15) is 0 Å². The fourth-order valence-electron chi connectivity index (χ4n) is 3.10. The molecule has 24 heavy (non-hydrogen) atoms. The van der Waals surface area contributed by atoms with E-state index in [0.717, 1.165) is 11.4 Å². The van der Waals surface area contributed by atoms with Crippen LogP contribution < -0.4 is 5.32 Å². The summed E-state index contributed by atoms with van der Waals surface area (Å²) in [6, 6.07) is 32.0. The Hall–Kier alpha value is -3.06. The van der Waals surface area contributed by atoms with E-state index in [0.29, 0.717) is 0 Å². The largest absolute Gasteiger partial charge is 0.355 e. The maximum absolute atomic E-state index is 3.58. The molecule has 1 nitrogen and oxygen atoms in total. The summed E-state index contributed by atoms with van der Waals surface area (Å²) < 4.78 is 0. The first kappa shape index (κ1) is 14.5. The lowest BCUT2D eigenvalue weighted by molar-refractivity contribution is 1.46. The molecule has 0 saturated heterocycles. The third kappa shape index (κ3) is 2.77. The van der Waals surface area contributed by atoms with Crippen LogP contribution in [0.2, 0.25) is 0 Å². The molecule has 116 valence electrons. The van der Waals surface area contributed by atoms with Gasteiger partial charge in [0.15, 0.2) is 0 Å².